The van der Waals surface area contributed by atoms with Gasteiger partial charge in [0.05, 0.1) is 6.61 Å². The third-order valence-corrected chi connectivity index (χ3v) is 3.98. The van der Waals surface area contributed by atoms with Gasteiger partial charge in [-0.15, -0.1) is 0 Å². The fourth-order valence-corrected chi connectivity index (χ4v) is 2.76. The molecule has 0 saturated heterocycles. The van der Waals surface area contributed by atoms with Crippen molar-refractivity contribution in [2.24, 2.45) is 0 Å². The van der Waals surface area contributed by atoms with Crippen LogP contribution in [0.3, 0.4) is 0 Å². The first-order valence-electron chi connectivity index (χ1n) is 6.54. The number of fused-ring (bicyclic) bond motifs is 1. The Balaban J connectivity index is 2.15. The lowest BCUT2D eigenvalue weighted by Gasteiger charge is -2.16. The van der Waals surface area contributed by atoms with E-state index in [4.69, 9.17) is 16.3 Å². The van der Waals surface area contributed by atoms with Crippen molar-refractivity contribution in [1.82, 2.24) is 0 Å². The van der Waals surface area contributed by atoms with Crippen LogP contribution in [0.15, 0.2) is 36.4 Å². The van der Waals surface area contributed by atoms with Gasteiger partial charge in [0.1, 0.15) is 5.75 Å². The molecule has 0 atom stereocenters. The van der Waals surface area contributed by atoms with Crippen LogP contribution in [0.5, 0.6) is 5.75 Å². The van der Waals surface area contributed by atoms with Gasteiger partial charge >= 0.3 is 0 Å². The number of hydrogen-bond acceptors (Lipinski definition) is 2. The Morgan fingerprint density at radius 3 is 2.75 bits per heavy atom. The SMILES string of the molecule is CC1(C)COc2ccc(-c3ccc(Cl)cc3C=O)cc21. The molecule has 2 nitrogen and oxygen atoms in total. The van der Waals surface area contributed by atoms with Crippen LogP contribution in [-0.2, 0) is 5.41 Å². The maximum Gasteiger partial charge on any atom is 0.150 e. The van der Waals surface area contributed by atoms with Gasteiger partial charge in [-0.25, -0.2) is 0 Å². The second-order valence-corrected chi connectivity index (χ2v) is 6.17. The minimum Gasteiger partial charge on any atom is -0.492 e. The smallest absolute Gasteiger partial charge is 0.150 e. The zero-order valence-electron chi connectivity index (χ0n) is 11.4. The molecule has 3 heteroatoms. The van der Waals surface area contributed by atoms with Gasteiger partial charge in [-0.05, 0) is 35.4 Å². The van der Waals surface area contributed by atoms with Crippen LogP contribution in [-0.4, -0.2) is 12.9 Å². The van der Waals surface area contributed by atoms with E-state index in [2.05, 4.69) is 19.9 Å². The van der Waals surface area contributed by atoms with Crippen molar-refractivity contribution >= 4 is 17.9 Å². The average Bonchev–Trinajstić information content (AvgIpc) is 2.74. The number of rotatable bonds is 2. The molecule has 1 aliphatic rings. The molecule has 2 aromatic rings. The molecule has 102 valence electrons. The van der Waals surface area contributed by atoms with Crippen molar-refractivity contribution in [1.29, 1.82) is 0 Å². The fraction of sp³-hybridized carbons (Fsp3) is 0.235. The maximum absolute atomic E-state index is 11.2. The van der Waals surface area contributed by atoms with Gasteiger partial charge in [0.2, 0.25) is 0 Å². The Kier molecular flexibility index (Phi) is 3.06. The van der Waals surface area contributed by atoms with Crippen molar-refractivity contribution < 1.29 is 9.53 Å². The second-order valence-electron chi connectivity index (χ2n) is 5.73. The summed E-state index contributed by atoms with van der Waals surface area (Å²) in [6.45, 7) is 5.00. The highest BCUT2D eigenvalue weighted by Crippen LogP contribution is 2.41. The van der Waals surface area contributed by atoms with Crippen LogP contribution < -0.4 is 4.74 Å². The molecule has 0 saturated carbocycles. The number of halogens is 1. The monoisotopic (exact) mass is 286 g/mol. The van der Waals surface area contributed by atoms with E-state index in [9.17, 15) is 4.79 Å². The van der Waals surface area contributed by atoms with Crippen molar-refractivity contribution in [2.45, 2.75) is 19.3 Å². The Hall–Kier alpha value is -1.80. The predicted molar refractivity (Wildman–Crippen MR) is 80.8 cm³/mol. The van der Waals surface area contributed by atoms with Crippen LogP contribution in [0, 0.1) is 0 Å². The van der Waals surface area contributed by atoms with Crippen molar-refractivity contribution in [3.63, 3.8) is 0 Å². The third kappa shape index (κ3) is 2.10. The van der Waals surface area contributed by atoms with Crippen molar-refractivity contribution in [3.05, 3.63) is 52.5 Å². The van der Waals surface area contributed by atoms with Gasteiger partial charge < -0.3 is 4.74 Å². The van der Waals surface area contributed by atoms with E-state index >= 15 is 0 Å². The quantitative estimate of drug-likeness (QED) is 0.760. The van der Waals surface area contributed by atoms with Gasteiger partial charge in [0, 0.05) is 21.6 Å². The van der Waals surface area contributed by atoms with Crippen LogP contribution in [0.25, 0.3) is 11.1 Å². The number of hydrogen-bond donors (Lipinski definition) is 0. The molecule has 2 aromatic carbocycles. The van der Waals surface area contributed by atoms with Crippen LogP contribution in [0.2, 0.25) is 5.02 Å². The van der Waals surface area contributed by atoms with Crippen LogP contribution in [0.1, 0.15) is 29.8 Å². The summed E-state index contributed by atoms with van der Waals surface area (Å²) in [5.41, 5.74) is 3.70. The highest BCUT2D eigenvalue weighted by Gasteiger charge is 2.31. The summed E-state index contributed by atoms with van der Waals surface area (Å²) in [4.78, 5) is 11.2. The normalized spacial score (nSPS) is 15.6. The van der Waals surface area contributed by atoms with E-state index in [1.165, 1.54) is 5.56 Å². The zero-order valence-corrected chi connectivity index (χ0v) is 12.2. The summed E-state index contributed by atoms with van der Waals surface area (Å²) in [6.07, 6.45) is 0.843. The lowest BCUT2D eigenvalue weighted by Crippen LogP contribution is -2.18. The molecule has 0 spiro atoms. The van der Waals surface area contributed by atoms with E-state index in [0.717, 1.165) is 23.2 Å². The molecule has 0 bridgehead atoms. The number of ether oxygens (including phenoxy) is 1. The summed E-state index contributed by atoms with van der Waals surface area (Å²) in [7, 11) is 0. The molecule has 1 aliphatic heterocycles. The average molecular weight is 287 g/mol. The lowest BCUT2D eigenvalue weighted by molar-refractivity contribution is 0.112. The zero-order chi connectivity index (χ0) is 14.3. The Morgan fingerprint density at radius 1 is 1.20 bits per heavy atom. The molecular formula is C17H15ClO2. The van der Waals surface area contributed by atoms with Crippen LogP contribution in [0.4, 0.5) is 0 Å². The summed E-state index contributed by atoms with van der Waals surface area (Å²) in [5.74, 6) is 0.931. The van der Waals surface area contributed by atoms with E-state index in [1.54, 1.807) is 12.1 Å². The summed E-state index contributed by atoms with van der Waals surface area (Å²) >= 11 is 5.94. The number of aldehydes is 1. The largest absolute Gasteiger partial charge is 0.492 e. The van der Waals surface area contributed by atoms with E-state index in [1.807, 2.05) is 18.2 Å². The standard InChI is InChI=1S/C17H15ClO2/c1-17(2)10-20-16-6-3-11(8-15(16)17)14-5-4-13(18)7-12(14)9-19/h3-9H,10H2,1-2H3. The predicted octanol–water partition coefficient (Wildman–Crippen LogP) is 4.49. The van der Waals surface area contributed by atoms with Gasteiger partial charge in [0.15, 0.2) is 6.29 Å². The Labute approximate surface area is 123 Å². The molecular weight excluding hydrogens is 272 g/mol. The molecule has 0 amide bonds. The number of benzene rings is 2. The van der Waals surface area contributed by atoms with Gasteiger partial charge in [0.25, 0.3) is 0 Å². The van der Waals surface area contributed by atoms with E-state index < -0.39 is 0 Å². The van der Waals surface area contributed by atoms with Gasteiger partial charge in [-0.3, -0.25) is 4.79 Å². The molecule has 0 aromatic heterocycles. The third-order valence-electron chi connectivity index (χ3n) is 3.75. The summed E-state index contributed by atoms with van der Waals surface area (Å²) < 4.78 is 5.69. The van der Waals surface area contributed by atoms with Crippen molar-refractivity contribution in [3.8, 4) is 16.9 Å². The first-order chi connectivity index (χ1) is 9.51. The Bertz CT molecular complexity index is 689. The van der Waals surface area contributed by atoms with E-state index in [-0.39, 0.29) is 5.41 Å². The first kappa shape index (κ1) is 13.2. The second kappa shape index (κ2) is 4.64. The van der Waals surface area contributed by atoms with Gasteiger partial charge in [-0.1, -0.05) is 37.6 Å². The Morgan fingerprint density at radius 2 is 2.00 bits per heavy atom. The van der Waals surface area contributed by atoms with Gasteiger partial charge in [-0.2, -0.15) is 0 Å². The summed E-state index contributed by atoms with van der Waals surface area (Å²) in [6, 6.07) is 11.5. The number of carbonyl (C=O) groups excluding carboxylic acids is 1. The molecule has 0 fully saturated rings. The number of carbonyl (C=O) groups is 1. The maximum atomic E-state index is 11.2. The minimum absolute atomic E-state index is 0.000882. The molecule has 3 rings (SSSR count). The molecule has 0 N–H and O–H groups in total. The summed E-state index contributed by atoms with van der Waals surface area (Å²) in [5, 5.41) is 0.570. The first-order valence-corrected chi connectivity index (χ1v) is 6.91. The minimum atomic E-state index is -0.000882. The molecule has 20 heavy (non-hydrogen) atoms. The lowest BCUT2D eigenvalue weighted by atomic mass is 9.85. The molecule has 0 unspecified atom stereocenters. The van der Waals surface area contributed by atoms with E-state index in [0.29, 0.717) is 17.2 Å². The highest BCUT2D eigenvalue weighted by molar-refractivity contribution is 6.31. The molecule has 1 heterocycles. The highest BCUT2D eigenvalue weighted by atomic mass is 35.5. The van der Waals surface area contributed by atoms with Crippen molar-refractivity contribution in [2.75, 3.05) is 6.61 Å². The topological polar surface area (TPSA) is 26.3 Å². The van der Waals surface area contributed by atoms with Crippen LogP contribution >= 0.6 is 11.6 Å². The molecule has 0 aliphatic carbocycles. The fourth-order valence-electron chi connectivity index (χ4n) is 2.58. The molecule has 0 radical (unpaired) electrons.